The summed E-state index contributed by atoms with van der Waals surface area (Å²) < 4.78 is 0. The first-order chi connectivity index (χ1) is 6.56. The normalized spacial score (nSPS) is 27.1. The van der Waals surface area contributed by atoms with Gasteiger partial charge in [-0.1, -0.05) is 32.5 Å². The number of hydrogen-bond acceptors (Lipinski definition) is 3. The van der Waals surface area contributed by atoms with Gasteiger partial charge in [-0.3, -0.25) is 10.1 Å². The minimum atomic E-state index is -0.683. The van der Waals surface area contributed by atoms with E-state index in [0.717, 1.165) is 6.42 Å². The number of urea groups is 1. The summed E-state index contributed by atoms with van der Waals surface area (Å²) in [6, 6.07) is -0.514. The van der Waals surface area contributed by atoms with Crippen LogP contribution in [0.4, 0.5) is 4.79 Å². The van der Waals surface area contributed by atoms with Gasteiger partial charge >= 0.3 is 6.03 Å². The van der Waals surface area contributed by atoms with E-state index >= 15 is 0 Å². The van der Waals surface area contributed by atoms with Crippen molar-refractivity contribution in [3.05, 3.63) is 0 Å². The Hall–Kier alpha value is -0.970. The maximum atomic E-state index is 11.7. The van der Waals surface area contributed by atoms with Crippen LogP contribution in [0, 0.1) is 5.41 Å². The molecule has 3 amide bonds. The van der Waals surface area contributed by atoms with Crippen molar-refractivity contribution < 1.29 is 9.59 Å². The zero-order chi connectivity index (χ0) is 10.8. The highest BCUT2D eigenvalue weighted by Gasteiger charge is 2.44. The molecule has 14 heavy (non-hydrogen) atoms. The Bertz CT molecular complexity index is 269. The second kappa shape index (κ2) is 4.04. The minimum Gasteiger partial charge on any atom is -0.301 e. The molecule has 0 saturated carbocycles. The summed E-state index contributed by atoms with van der Waals surface area (Å²) in [6.07, 6.45) is 2.15. The number of hydrogen-bond donors (Lipinski definition) is 2. The summed E-state index contributed by atoms with van der Waals surface area (Å²) in [4.78, 5) is 23.0. The fourth-order valence-corrected chi connectivity index (χ4v) is 2.16. The molecule has 5 heteroatoms. The van der Waals surface area contributed by atoms with E-state index in [9.17, 15) is 9.59 Å². The Morgan fingerprint density at radius 1 is 1.29 bits per heavy atom. The van der Waals surface area contributed by atoms with Crippen molar-refractivity contribution in [2.24, 2.45) is 5.41 Å². The smallest absolute Gasteiger partial charge is 0.301 e. The van der Waals surface area contributed by atoms with Crippen LogP contribution in [0.5, 0.6) is 0 Å². The summed E-state index contributed by atoms with van der Waals surface area (Å²) >= 11 is 5.07. The van der Waals surface area contributed by atoms with Crippen LogP contribution < -0.4 is 10.6 Å². The van der Waals surface area contributed by atoms with Gasteiger partial charge in [-0.25, -0.2) is 4.79 Å². The molecule has 0 bridgehead atoms. The van der Waals surface area contributed by atoms with E-state index in [4.69, 9.17) is 12.2 Å². The summed E-state index contributed by atoms with van der Waals surface area (Å²) in [5.41, 5.74) is -0.683. The molecule has 1 aliphatic rings. The molecule has 0 aromatic carbocycles. The number of amides is 3. The van der Waals surface area contributed by atoms with Crippen LogP contribution in [0.2, 0.25) is 0 Å². The van der Waals surface area contributed by atoms with Crippen molar-refractivity contribution in [2.75, 3.05) is 0 Å². The molecule has 4 nitrogen and oxygen atoms in total. The highest BCUT2D eigenvalue weighted by atomic mass is 32.1. The Morgan fingerprint density at radius 3 is 2.36 bits per heavy atom. The lowest BCUT2D eigenvalue weighted by Gasteiger charge is -2.35. The van der Waals surface area contributed by atoms with E-state index < -0.39 is 11.4 Å². The molecule has 1 aliphatic heterocycles. The van der Waals surface area contributed by atoms with Gasteiger partial charge in [0.25, 0.3) is 0 Å². The number of thiocarbonyl (C=S) groups is 1. The quantitative estimate of drug-likeness (QED) is 0.697. The average Bonchev–Trinajstić information content (AvgIpc) is 2.11. The fourth-order valence-electron chi connectivity index (χ4n) is 1.73. The Labute approximate surface area is 88.4 Å². The summed E-state index contributed by atoms with van der Waals surface area (Å²) in [7, 11) is 0. The predicted octanol–water partition coefficient (Wildman–Crippen LogP) is 1.35. The number of nitrogens with one attached hydrogen (secondary N) is 2. The van der Waals surface area contributed by atoms with Gasteiger partial charge in [-0.2, -0.15) is 0 Å². The SMILES string of the molecule is CCCC1(CC)C(=O)NC(=O)NC1=S. The zero-order valence-electron chi connectivity index (χ0n) is 8.35. The summed E-state index contributed by atoms with van der Waals surface area (Å²) in [5.74, 6) is -0.268. The summed E-state index contributed by atoms with van der Waals surface area (Å²) in [6.45, 7) is 3.89. The van der Waals surface area contributed by atoms with Gasteiger partial charge < -0.3 is 5.32 Å². The van der Waals surface area contributed by atoms with Crippen LogP contribution in [0.15, 0.2) is 0 Å². The first-order valence-corrected chi connectivity index (χ1v) is 5.14. The van der Waals surface area contributed by atoms with Crippen molar-refractivity contribution in [3.63, 3.8) is 0 Å². The first kappa shape index (κ1) is 11.1. The minimum absolute atomic E-state index is 0.268. The topological polar surface area (TPSA) is 58.2 Å². The molecule has 1 rings (SSSR count). The molecule has 1 atom stereocenters. The van der Waals surface area contributed by atoms with Crippen molar-refractivity contribution in [2.45, 2.75) is 33.1 Å². The van der Waals surface area contributed by atoms with E-state index in [0.29, 0.717) is 17.8 Å². The molecule has 1 fully saturated rings. The van der Waals surface area contributed by atoms with Gasteiger partial charge in [0.05, 0.1) is 10.4 Å². The molecular weight excluding hydrogens is 200 g/mol. The second-order valence-electron chi connectivity index (χ2n) is 3.42. The lowest BCUT2D eigenvalue weighted by molar-refractivity contribution is -0.127. The van der Waals surface area contributed by atoms with Crippen molar-refractivity contribution in [1.29, 1.82) is 0 Å². The van der Waals surface area contributed by atoms with Crippen LogP contribution in [0.1, 0.15) is 33.1 Å². The highest BCUT2D eigenvalue weighted by Crippen LogP contribution is 2.31. The van der Waals surface area contributed by atoms with E-state index in [-0.39, 0.29) is 5.91 Å². The van der Waals surface area contributed by atoms with Crippen LogP contribution >= 0.6 is 12.2 Å². The lowest BCUT2D eigenvalue weighted by Crippen LogP contribution is -2.61. The van der Waals surface area contributed by atoms with Crippen LogP contribution in [0.3, 0.4) is 0 Å². The number of carbonyl (C=O) groups is 2. The Morgan fingerprint density at radius 2 is 1.93 bits per heavy atom. The number of rotatable bonds is 3. The largest absolute Gasteiger partial charge is 0.326 e. The third-order valence-corrected chi connectivity index (χ3v) is 3.10. The maximum Gasteiger partial charge on any atom is 0.326 e. The monoisotopic (exact) mass is 214 g/mol. The van der Waals surface area contributed by atoms with Gasteiger partial charge in [-0.05, 0) is 12.8 Å². The van der Waals surface area contributed by atoms with E-state index in [1.54, 1.807) is 0 Å². The van der Waals surface area contributed by atoms with Gasteiger partial charge in [0.1, 0.15) is 0 Å². The molecule has 1 saturated heterocycles. The van der Waals surface area contributed by atoms with Gasteiger partial charge in [0, 0.05) is 0 Å². The molecule has 1 unspecified atom stereocenters. The Kier molecular flexibility index (Phi) is 3.21. The molecule has 0 aromatic rings. The molecular formula is C9H14N2O2S. The molecule has 0 aromatic heterocycles. The van der Waals surface area contributed by atoms with Crippen LogP contribution in [-0.4, -0.2) is 16.9 Å². The van der Waals surface area contributed by atoms with Crippen molar-refractivity contribution in [3.8, 4) is 0 Å². The van der Waals surface area contributed by atoms with Crippen molar-refractivity contribution >= 4 is 29.1 Å². The zero-order valence-corrected chi connectivity index (χ0v) is 9.16. The summed E-state index contributed by atoms with van der Waals surface area (Å²) in [5, 5.41) is 4.76. The number of imide groups is 1. The predicted molar refractivity (Wildman–Crippen MR) is 56.9 cm³/mol. The van der Waals surface area contributed by atoms with Crippen molar-refractivity contribution in [1.82, 2.24) is 10.6 Å². The Balaban J connectivity index is 2.97. The maximum absolute atomic E-state index is 11.7. The molecule has 2 N–H and O–H groups in total. The molecule has 1 heterocycles. The highest BCUT2D eigenvalue weighted by molar-refractivity contribution is 7.80. The molecule has 78 valence electrons. The lowest BCUT2D eigenvalue weighted by atomic mass is 9.78. The molecule has 0 radical (unpaired) electrons. The third-order valence-electron chi connectivity index (χ3n) is 2.60. The van der Waals surface area contributed by atoms with E-state index in [1.807, 2.05) is 13.8 Å². The van der Waals surface area contributed by atoms with Crippen LogP contribution in [0.25, 0.3) is 0 Å². The third kappa shape index (κ3) is 1.64. The second-order valence-corrected chi connectivity index (χ2v) is 3.83. The number of carbonyl (C=O) groups excluding carboxylic acids is 2. The fraction of sp³-hybridized carbons (Fsp3) is 0.667. The average molecular weight is 214 g/mol. The van der Waals surface area contributed by atoms with E-state index in [2.05, 4.69) is 10.6 Å². The molecule has 0 aliphatic carbocycles. The van der Waals surface area contributed by atoms with Gasteiger partial charge in [0.2, 0.25) is 5.91 Å². The van der Waals surface area contributed by atoms with Crippen LogP contribution in [-0.2, 0) is 4.79 Å². The molecule has 0 spiro atoms. The first-order valence-electron chi connectivity index (χ1n) is 4.73. The van der Waals surface area contributed by atoms with Gasteiger partial charge in [-0.15, -0.1) is 0 Å². The van der Waals surface area contributed by atoms with Gasteiger partial charge in [0.15, 0.2) is 0 Å². The van der Waals surface area contributed by atoms with E-state index in [1.165, 1.54) is 0 Å². The standard InChI is InChI=1S/C9H14N2O2S/c1-3-5-9(4-2)6(12)10-8(13)11-7(9)14/h3-5H2,1-2H3,(H2,10,11,12,13,14).